The molecule has 0 saturated heterocycles. The van der Waals surface area contributed by atoms with Crippen LogP contribution in [0, 0.1) is 0 Å². The number of amides is 1. The van der Waals surface area contributed by atoms with Crippen molar-refractivity contribution in [3.05, 3.63) is 29.6 Å². The molecule has 0 aliphatic heterocycles. The summed E-state index contributed by atoms with van der Waals surface area (Å²) >= 11 is 0. The molecule has 8 nitrogen and oxygen atoms in total. The Hall–Kier alpha value is -2.74. The number of carbonyl (C=O) groups excluding carboxylic acids is 1. The first-order valence-electron chi connectivity index (χ1n) is 10.3. The number of carbonyl (C=O) groups is 1. The van der Waals surface area contributed by atoms with Crippen LogP contribution in [0.1, 0.15) is 45.4 Å². The van der Waals surface area contributed by atoms with E-state index in [1.807, 2.05) is 25.8 Å². The molecular formula is C22H31N5O3. The maximum Gasteiger partial charge on any atom is 0.239 e. The molecule has 1 aliphatic rings. The fraction of sp³-hybridized carbons (Fsp3) is 0.545. The van der Waals surface area contributed by atoms with Crippen LogP contribution >= 0.6 is 0 Å². The minimum Gasteiger partial charge on any atom is -0.490 e. The van der Waals surface area contributed by atoms with Crippen molar-refractivity contribution in [3.63, 3.8) is 0 Å². The van der Waals surface area contributed by atoms with Crippen molar-refractivity contribution in [1.82, 2.24) is 20.3 Å². The molecule has 8 heteroatoms. The third-order valence-corrected chi connectivity index (χ3v) is 4.66. The molecule has 0 fully saturated rings. The Morgan fingerprint density at radius 1 is 1.33 bits per heavy atom. The Morgan fingerprint density at radius 3 is 2.80 bits per heavy atom. The predicted octanol–water partition coefficient (Wildman–Crippen LogP) is 2.14. The minimum atomic E-state index is -0.931. The summed E-state index contributed by atoms with van der Waals surface area (Å²) in [7, 11) is 1.88. The fourth-order valence-corrected chi connectivity index (χ4v) is 3.38. The van der Waals surface area contributed by atoms with E-state index in [2.05, 4.69) is 10.3 Å². The van der Waals surface area contributed by atoms with Gasteiger partial charge in [0.25, 0.3) is 0 Å². The van der Waals surface area contributed by atoms with Crippen LogP contribution in [0.4, 0.5) is 5.82 Å². The van der Waals surface area contributed by atoms with E-state index in [0.29, 0.717) is 17.3 Å². The Labute approximate surface area is 177 Å². The van der Waals surface area contributed by atoms with Crippen LogP contribution in [0.25, 0.3) is 11.5 Å². The summed E-state index contributed by atoms with van der Waals surface area (Å²) in [6.45, 7) is 7.66. The largest absolute Gasteiger partial charge is 0.490 e. The molecule has 2 heterocycles. The molecule has 0 spiro atoms. The highest BCUT2D eigenvalue weighted by Gasteiger charge is 2.24. The predicted molar refractivity (Wildman–Crippen MR) is 116 cm³/mol. The molecule has 0 radical (unpaired) electrons. The van der Waals surface area contributed by atoms with Crippen LogP contribution in [0.5, 0.6) is 5.75 Å². The molecular weight excluding hydrogens is 382 g/mol. The molecule has 0 unspecified atom stereocenters. The zero-order valence-corrected chi connectivity index (χ0v) is 18.4. The Bertz CT molecular complexity index is 908. The topological polar surface area (TPSA) is 100 Å². The molecule has 1 aliphatic carbocycles. The van der Waals surface area contributed by atoms with Gasteiger partial charge in [0.1, 0.15) is 23.9 Å². The van der Waals surface area contributed by atoms with E-state index in [1.54, 1.807) is 32.2 Å². The monoisotopic (exact) mass is 413 g/mol. The highest BCUT2D eigenvalue weighted by Crippen LogP contribution is 2.31. The van der Waals surface area contributed by atoms with Crippen LogP contribution < -0.4 is 15.0 Å². The molecule has 0 bridgehead atoms. The summed E-state index contributed by atoms with van der Waals surface area (Å²) in [5.74, 6) is 1.84. The number of nitrogens with one attached hydrogen (secondary N) is 1. The Morgan fingerprint density at radius 2 is 2.10 bits per heavy atom. The van der Waals surface area contributed by atoms with Gasteiger partial charge in [0, 0.05) is 36.6 Å². The zero-order chi connectivity index (χ0) is 21.9. The first-order valence-corrected chi connectivity index (χ1v) is 10.3. The maximum atomic E-state index is 12.2. The number of hydrogen-bond acceptors (Lipinski definition) is 7. The highest BCUT2D eigenvalue weighted by molar-refractivity contribution is 5.81. The molecule has 30 heavy (non-hydrogen) atoms. The second-order valence-electron chi connectivity index (χ2n) is 8.71. The van der Waals surface area contributed by atoms with Crippen LogP contribution in [0.15, 0.2) is 18.3 Å². The van der Waals surface area contributed by atoms with Gasteiger partial charge in [-0.15, -0.1) is 0 Å². The van der Waals surface area contributed by atoms with Gasteiger partial charge in [-0.25, -0.2) is 9.97 Å². The number of pyridine rings is 1. The third kappa shape index (κ3) is 5.66. The number of hydrogen-bond donors (Lipinski definition) is 2. The van der Waals surface area contributed by atoms with Gasteiger partial charge in [-0.05, 0) is 53.0 Å². The molecule has 2 N–H and O–H groups in total. The number of aromatic nitrogens is 3. The summed E-state index contributed by atoms with van der Waals surface area (Å²) in [4.78, 5) is 28.0. The first-order chi connectivity index (χ1) is 14.1. The van der Waals surface area contributed by atoms with Crippen LogP contribution in [0.3, 0.4) is 0 Å². The summed E-state index contributed by atoms with van der Waals surface area (Å²) in [5, 5.41) is 12.8. The number of fused-ring (bicyclic) bond motifs is 1. The number of anilines is 1. The molecule has 2 aromatic heterocycles. The number of rotatable bonds is 8. The lowest BCUT2D eigenvalue weighted by atomic mass is 10.2. The van der Waals surface area contributed by atoms with Crippen molar-refractivity contribution in [2.45, 2.75) is 58.6 Å². The number of aryl methyl sites for hydroxylation is 1. The van der Waals surface area contributed by atoms with E-state index >= 15 is 0 Å². The van der Waals surface area contributed by atoms with E-state index < -0.39 is 5.60 Å². The van der Waals surface area contributed by atoms with Crippen molar-refractivity contribution in [3.8, 4) is 17.3 Å². The lowest BCUT2D eigenvalue weighted by Gasteiger charge is -2.22. The summed E-state index contributed by atoms with van der Waals surface area (Å²) in [6, 6.07) is 3.61. The van der Waals surface area contributed by atoms with Gasteiger partial charge in [0.05, 0.1) is 12.1 Å². The van der Waals surface area contributed by atoms with Crippen molar-refractivity contribution >= 4 is 11.7 Å². The van der Waals surface area contributed by atoms with Gasteiger partial charge >= 0.3 is 0 Å². The van der Waals surface area contributed by atoms with E-state index in [4.69, 9.17) is 14.7 Å². The van der Waals surface area contributed by atoms with Crippen molar-refractivity contribution in [1.29, 1.82) is 0 Å². The van der Waals surface area contributed by atoms with Crippen molar-refractivity contribution in [2.75, 3.05) is 25.1 Å². The van der Waals surface area contributed by atoms with E-state index in [-0.39, 0.29) is 25.1 Å². The molecule has 162 valence electrons. The van der Waals surface area contributed by atoms with Gasteiger partial charge in [-0.2, -0.15) is 0 Å². The number of nitrogens with zero attached hydrogens (tertiary/aromatic N) is 4. The highest BCUT2D eigenvalue weighted by atomic mass is 16.5. The second-order valence-corrected chi connectivity index (χ2v) is 8.71. The van der Waals surface area contributed by atoms with Crippen LogP contribution in [-0.4, -0.2) is 57.8 Å². The third-order valence-electron chi connectivity index (χ3n) is 4.66. The summed E-state index contributed by atoms with van der Waals surface area (Å²) in [5.41, 5.74) is 1.78. The Balaban J connectivity index is 1.88. The number of aliphatic hydroxyl groups is 1. The second kappa shape index (κ2) is 8.95. The quantitative estimate of drug-likeness (QED) is 0.684. The smallest absolute Gasteiger partial charge is 0.239 e. The molecule has 2 aromatic rings. The Kier molecular flexibility index (Phi) is 6.55. The van der Waals surface area contributed by atoms with E-state index in [0.717, 1.165) is 36.3 Å². The van der Waals surface area contributed by atoms with Gasteiger partial charge in [0.15, 0.2) is 5.82 Å². The van der Waals surface area contributed by atoms with E-state index in [9.17, 15) is 9.90 Å². The zero-order valence-electron chi connectivity index (χ0n) is 18.4. The molecule has 0 saturated carbocycles. The van der Waals surface area contributed by atoms with Gasteiger partial charge < -0.3 is 20.1 Å². The van der Waals surface area contributed by atoms with Crippen LogP contribution in [0.2, 0.25) is 0 Å². The number of ether oxygens (including phenoxy) is 1. The standard InChI is InChI=1S/C22H31N5O3/c1-14(2)24-19(28)12-27(5)21-16-7-6-8-17(16)25-20(26-21)18-11-15(9-10-23-18)30-13-22(3,4)29/h9-11,14,29H,6-8,12-13H2,1-5H3,(H,24,28). The fourth-order valence-electron chi connectivity index (χ4n) is 3.38. The number of likely N-dealkylation sites (N-methyl/N-ethyl adjacent to an activating group) is 1. The lowest BCUT2D eigenvalue weighted by molar-refractivity contribution is -0.120. The molecule has 3 rings (SSSR count). The average molecular weight is 414 g/mol. The van der Waals surface area contributed by atoms with Gasteiger partial charge in [0.2, 0.25) is 5.91 Å². The maximum absolute atomic E-state index is 12.2. The van der Waals surface area contributed by atoms with Crippen molar-refractivity contribution in [2.24, 2.45) is 0 Å². The van der Waals surface area contributed by atoms with Gasteiger partial charge in [-0.1, -0.05) is 0 Å². The van der Waals surface area contributed by atoms with E-state index in [1.165, 1.54) is 0 Å². The molecule has 0 aromatic carbocycles. The first kappa shape index (κ1) is 22.0. The molecule has 1 amide bonds. The lowest BCUT2D eigenvalue weighted by Crippen LogP contribution is -2.39. The molecule has 0 atom stereocenters. The van der Waals surface area contributed by atoms with Gasteiger partial charge in [-0.3, -0.25) is 9.78 Å². The van der Waals surface area contributed by atoms with Crippen molar-refractivity contribution < 1.29 is 14.6 Å². The summed E-state index contributed by atoms with van der Waals surface area (Å²) in [6.07, 6.45) is 4.46. The minimum absolute atomic E-state index is 0.0421. The average Bonchev–Trinajstić information content (AvgIpc) is 3.13. The summed E-state index contributed by atoms with van der Waals surface area (Å²) < 4.78 is 5.68. The normalized spacial score (nSPS) is 13.3. The van der Waals surface area contributed by atoms with Crippen LogP contribution in [-0.2, 0) is 17.6 Å². The SMILES string of the molecule is CC(C)NC(=O)CN(C)c1nc(-c2cc(OCC(C)(C)O)ccn2)nc2c1CCC2.